The Bertz CT molecular complexity index is 1070. The van der Waals surface area contributed by atoms with Crippen LogP contribution >= 0.6 is 0 Å². The van der Waals surface area contributed by atoms with E-state index >= 15 is 0 Å². The third kappa shape index (κ3) is 4.63. The molecule has 0 saturated carbocycles. The number of hydrogen-bond acceptors (Lipinski definition) is 5. The van der Waals surface area contributed by atoms with Crippen LogP contribution in [0.5, 0.6) is 5.75 Å². The Balaban J connectivity index is 1.58. The maximum Gasteiger partial charge on any atom is 0.252 e. The molecule has 0 spiro atoms. The molecular weight excluding hydrogens is 402 g/mol. The van der Waals surface area contributed by atoms with Gasteiger partial charge in [-0.3, -0.25) is 9.69 Å². The Kier molecular flexibility index (Phi) is 6.74. The second-order valence-electron chi connectivity index (χ2n) is 8.83. The van der Waals surface area contributed by atoms with E-state index in [1.54, 1.807) is 13.3 Å². The molecule has 1 fully saturated rings. The summed E-state index contributed by atoms with van der Waals surface area (Å²) in [4.78, 5) is 20.4. The molecule has 1 aliphatic rings. The molecule has 1 aliphatic heterocycles. The smallest absolute Gasteiger partial charge is 0.252 e. The minimum absolute atomic E-state index is 0.0840. The highest BCUT2D eigenvalue weighted by Crippen LogP contribution is 2.26. The molecule has 170 valence electrons. The molecule has 2 aromatic heterocycles. The van der Waals surface area contributed by atoms with Crippen molar-refractivity contribution >= 4 is 16.9 Å². The van der Waals surface area contributed by atoms with Gasteiger partial charge in [0.1, 0.15) is 5.75 Å². The zero-order chi connectivity index (χ0) is 22.7. The first-order chi connectivity index (χ1) is 15.5. The number of likely N-dealkylation sites (tertiary alicyclic amines) is 1. The fourth-order valence-electron chi connectivity index (χ4n) is 4.51. The molecule has 1 atom stereocenters. The zero-order valence-corrected chi connectivity index (χ0v) is 19.5. The summed E-state index contributed by atoms with van der Waals surface area (Å²) in [6.45, 7) is 8.69. The summed E-state index contributed by atoms with van der Waals surface area (Å²) in [5, 5.41) is 8.46. The number of carbonyl (C=O) groups is 1. The number of hydrogen-bond donors (Lipinski definition) is 1. The van der Waals surface area contributed by atoms with Gasteiger partial charge in [-0.1, -0.05) is 18.6 Å². The summed E-state index contributed by atoms with van der Waals surface area (Å²) < 4.78 is 7.19. The van der Waals surface area contributed by atoms with E-state index in [1.165, 1.54) is 24.8 Å². The number of rotatable bonds is 7. The summed E-state index contributed by atoms with van der Waals surface area (Å²) in [6.07, 6.45) is 5.41. The maximum atomic E-state index is 13.3. The summed E-state index contributed by atoms with van der Waals surface area (Å²) in [6, 6.07) is 10.3. The third-order valence-electron chi connectivity index (χ3n) is 6.22. The van der Waals surface area contributed by atoms with E-state index < -0.39 is 0 Å². The number of amides is 1. The van der Waals surface area contributed by atoms with Crippen LogP contribution in [0.25, 0.3) is 11.0 Å². The van der Waals surface area contributed by atoms with E-state index in [-0.39, 0.29) is 18.0 Å². The lowest BCUT2D eigenvalue weighted by Crippen LogP contribution is -2.40. The van der Waals surface area contributed by atoms with E-state index in [0.717, 1.165) is 35.6 Å². The van der Waals surface area contributed by atoms with Crippen LogP contribution in [0.15, 0.2) is 36.5 Å². The molecule has 1 N–H and O–H groups in total. The van der Waals surface area contributed by atoms with E-state index in [4.69, 9.17) is 4.74 Å². The predicted octanol–water partition coefficient (Wildman–Crippen LogP) is 4.29. The molecule has 1 amide bonds. The molecule has 4 rings (SSSR count). The van der Waals surface area contributed by atoms with Crippen LogP contribution in [0, 0.1) is 6.92 Å². The number of benzene rings is 1. The van der Waals surface area contributed by atoms with Gasteiger partial charge >= 0.3 is 0 Å². The van der Waals surface area contributed by atoms with Crippen molar-refractivity contribution in [3.05, 3.63) is 53.3 Å². The Morgan fingerprint density at radius 1 is 1.16 bits per heavy atom. The molecule has 7 nitrogen and oxygen atoms in total. The largest absolute Gasteiger partial charge is 0.497 e. The van der Waals surface area contributed by atoms with Crippen LogP contribution in [-0.4, -0.2) is 52.3 Å². The van der Waals surface area contributed by atoms with Crippen molar-refractivity contribution in [2.45, 2.75) is 52.1 Å². The van der Waals surface area contributed by atoms with Gasteiger partial charge in [-0.15, -0.1) is 0 Å². The molecule has 1 saturated heterocycles. The first kappa shape index (κ1) is 22.3. The Morgan fingerprint density at radius 2 is 1.88 bits per heavy atom. The lowest BCUT2D eigenvalue weighted by Gasteiger charge is -2.35. The van der Waals surface area contributed by atoms with Crippen LogP contribution in [0.4, 0.5) is 0 Å². The number of aryl methyl sites for hydroxylation is 1. The average Bonchev–Trinajstić information content (AvgIpc) is 3.23. The van der Waals surface area contributed by atoms with Crippen molar-refractivity contribution in [1.82, 2.24) is 25.0 Å². The topological polar surface area (TPSA) is 72.3 Å². The quantitative estimate of drug-likeness (QED) is 0.600. The molecule has 3 aromatic rings. The van der Waals surface area contributed by atoms with Crippen molar-refractivity contribution in [2.75, 3.05) is 26.7 Å². The van der Waals surface area contributed by atoms with Crippen LogP contribution in [0.1, 0.15) is 66.8 Å². The van der Waals surface area contributed by atoms with E-state index in [1.807, 2.05) is 29.8 Å². The first-order valence-electron chi connectivity index (χ1n) is 11.5. The fraction of sp³-hybridized carbons (Fsp3) is 0.480. The van der Waals surface area contributed by atoms with Gasteiger partial charge in [0.05, 0.1) is 30.3 Å². The van der Waals surface area contributed by atoms with Crippen LogP contribution in [0.3, 0.4) is 0 Å². The van der Waals surface area contributed by atoms with E-state index in [9.17, 15) is 4.79 Å². The van der Waals surface area contributed by atoms with Crippen molar-refractivity contribution in [2.24, 2.45) is 0 Å². The highest BCUT2D eigenvalue weighted by Gasteiger charge is 2.24. The Labute approximate surface area is 189 Å². The average molecular weight is 436 g/mol. The number of aromatic nitrogens is 3. The monoisotopic (exact) mass is 435 g/mol. The second kappa shape index (κ2) is 9.69. The number of methoxy groups -OCH3 is 1. The van der Waals surface area contributed by atoms with E-state index in [2.05, 4.69) is 46.3 Å². The van der Waals surface area contributed by atoms with E-state index in [0.29, 0.717) is 12.1 Å². The number of piperidine rings is 1. The fourth-order valence-corrected chi connectivity index (χ4v) is 4.51. The second-order valence-corrected chi connectivity index (χ2v) is 8.83. The summed E-state index contributed by atoms with van der Waals surface area (Å²) in [5.41, 5.74) is 3.39. The number of nitrogens with one attached hydrogen (secondary N) is 1. The van der Waals surface area contributed by atoms with Gasteiger partial charge in [0.15, 0.2) is 5.65 Å². The SMILES string of the molecule is COc1ccc(C(CNC(=O)c2cc(C)nc3c2cnn3C(C)C)N2CCCCC2)cc1. The van der Waals surface area contributed by atoms with Gasteiger partial charge < -0.3 is 10.1 Å². The number of fused-ring (bicyclic) bond motifs is 1. The standard InChI is InChI=1S/C25H33N5O2/c1-17(2)30-24-22(15-27-30)21(14-18(3)28-24)25(31)26-16-23(29-12-6-5-7-13-29)19-8-10-20(32-4)11-9-19/h8-11,14-15,17,23H,5-7,12-13,16H2,1-4H3,(H,26,31). The predicted molar refractivity (Wildman–Crippen MR) is 126 cm³/mol. The summed E-state index contributed by atoms with van der Waals surface area (Å²) >= 11 is 0. The first-order valence-corrected chi connectivity index (χ1v) is 11.5. The van der Waals surface area contributed by atoms with Crippen LogP contribution < -0.4 is 10.1 Å². The van der Waals surface area contributed by atoms with Gasteiger partial charge in [-0.25, -0.2) is 9.67 Å². The van der Waals surface area contributed by atoms with Crippen molar-refractivity contribution in [3.8, 4) is 5.75 Å². The van der Waals surface area contributed by atoms with Gasteiger partial charge in [0.2, 0.25) is 0 Å². The number of ether oxygens (including phenoxy) is 1. The minimum atomic E-state index is -0.0840. The lowest BCUT2D eigenvalue weighted by atomic mass is 10.0. The Hall–Kier alpha value is -2.93. The van der Waals surface area contributed by atoms with Crippen molar-refractivity contribution in [3.63, 3.8) is 0 Å². The third-order valence-corrected chi connectivity index (χ3v) is 6.22. The molecule has 0 bridgehead atoms. The minimum Gasteiger partial charge on any atom is -0.497 e. The molecular formula is C25H33N5O2. The number of nitrogens with zero attached hydrogens (tertiary/aromatic N) is 4. The normalized spacial score (nSPS) is 15.8. The van der Waals surface area contributed by atoms with Gasteiger partial charge in [-0.05, 0) is 70.5 Å². The maximum absolute atomic E-state index is 13.3. The van der Waals surface area contributed by atoms with Crippen molar-refractivity contribution in [1.29, 1.82) is 0 Å². The van der Waals surface area contributed by atoms with Gasteiger partial charge in [-0.2, -0.15) is 5.10 Å². The van der Waals surface area contributed by atoms with Gasteiger partial charge in [0, 0.05) is 18.3 Å². The molecule has 7 heteroatoms. The summed E-state index contributed by atoms with van der Waals surface area (Å²) in [5.74, 6) is 0.756. The molecule has 32 heavy (non-hydrogen) atoms. The number of carbonyl (C=O) groups excluding carboxylic acids is 1. The molecule has 0 aliphatic carbocycles. The molecule has 3 heterocycles. The highest BCUT2D eigenvalue weighted by atomic mass is 16.5. The van der Waals surface area contributed by atoms with Gasteiger partial charge in [0.25, 0.3) is 5.91 Å². The van der Waals surface area contributed by atoms with Crippen LogP contribution in [0.2, 0.25) is 0 Å². The van der Waals surface area contributed by atoms with Crippen molar-refractivity contribution < 1.29 is 9.53 Å². The van der Waals surface area contributed by atoms with Crippen LogP contribution in [-0.2, 0) is 0 Å². The molecule has 1 unspecified atom stereocenters. The summed E-state index contributed by atoms with van der Waals surface area (Å²) in [7, 11) is 1.68. The molecule has 1 aromatic carbocycles. The number of pyridine rings is 1. The zero-order valence-electron chi connectivity index (χ0n) is 19.5. The Morgan fingerprint density at radius 3 is 2.53 bits per heavy atom. The lowest BCUT2D eigenvalue weighted by molar-refractivity contribution is 0.0926. The highest BCUT2D eigenvalue weighted by molar-refractivity contribution is 6.05. The molecule has 0 radical (unpaired) electrons.